The summed E-state index contributed by atoms with van der Waals surface area (Å²) >= 11 is 11.5. The van der Waals surface area contributed by atoms with Gasteiger partial charge in [-0.2, -0.15) is 11.8 Å². The van der Waals surface area contributed by atoms with Gasteiger partial charge in [0, 0.05) is 15.4 Å². The first-order valence-corrected chi connectivity index (χ1v) is 8.43. The third kappa shape index (κ3) is 2.06. The Labute approximate surface area is 130 Å². The predicted octanol–water partition coefficient (Wildman–Crippen LogP) is 3.50. The van der Waals surface area contributed by atoms with E-state index in [0.29, 0.717) is 16.2 Å². The van der Waals surface area contributed by atoms with Crippen molar-refractivity contribution in [3.05, 3.63) is 27.7 Å². The van der Waals surface area contributed by atoms with E-state index in [1.807, 2.05) is 30.0 Å². The number of aliphatic imine (C=N–C) groups is 1. The van der Waals surface area contributed by atoms with Crippen molar-refractivity contribution in [2.24, 2.45) is 10.7 Å². The van der Waals surface area contributed by atoms with Crippen LogP contribution in [0, 0.1) is 0 Å². The molecule has 1 spiro atoms. The van der Waals surface area contributed by atoms with Crippen LogP contribution in [-0.4, -0.2) is 29.0 Å². The van der Waals surface area contributed by atoms with E-state index in [-0.39, 0.29) is 5.54 Å². The second kappa shape index (κ2) is 4.86. The highest BCUT2D eigenvalue weighted by Crippen LogP contribution is 2.45. The van der Waals surface area contributed by atoms with Gasteiger partial charge in [0.1, 0.15) is 0 Å². The third-order valence-corrected chi connectivity index (χ3v) is 6.60. The molecule has 3 rings (SSSR count). The first-order valence-electron chi connectivity index (χ1n) is 6.21. The fourth-order valence-corrected chi connectivity index (χ4v) is 4.79. The molecule has 2 atom stereocenters. The zero-order chi connectivity index (χ0) is 13.6. The number of rotatable bonds is 1. The van der Waals surface area contributed by atoms with E-state index < -0.39 is 0 Å². The van der Waals surface area contributed by atoms with Crippen LogP contribution < -0.4 is 10.6 Å². The molecule has 1 saturated heterocycles. The topological polar surface area (TPSA) is 41.6 Å². The van der Waals surface area contributed by atoms with Gasteiger partial charge in [-0.1, -0.05) is 18.5 Å². The average molecular weight is 361 g/mol. The molecule has 0 radical (unpaired) electrons. The minimum absolute atomic E-state index is 0.0298. The van der Waals surface area contributed by atoms with Crippen LogP contribution >= 0.6 is 39.3 Å². The molecule has 2 heterocycles. The summed E-state index contributed by atoms with van der Waals surface area (Å²) in [5, 5.41) is 1.23. The van der Waals surface area contributed by atoms with E-state index in [1.54, 1.807) is 0 Å². The highest BCUT2D eigenvalue weighted by Gasteiger charge is 2.50. The maximum absolute atomic E-state index is 6.13. The first-order chi connectivity index (χ1) is 9.04. The molecule has 102 valence electrons. The van der Waals surface area contributed by atoms with Gasteiger partial charge in [-0.05, 0) is 46.3 Å². The fraction of sp³-hybridized carbons (Fsp3) is 0.462. The number of benzene rings is 1. The van der Waals surface area contributed by atoms with Gasteiger partial charge in [0.2, 0.25) is 0 Å². The molecule has 2 aliphatic heterocycles. The van der Waals surface area contributed by atoms with Gasteiger partial charge in [-0.15, -0.1) is 0 Å². The van der Waals surface area contributed by atoms with E-state index in [0.717, 1.165) is 28.9 Å². The number of thioether (sulfide) groups is 1. The Morgan fingerprint density at radius 2 is 2.37 bits per heavy atom. The largest absolute Gasteiger partial charge is 0.369 e. The molecule has 2 N–H and O–H groups in total. The zero-order valence-electron chi connectivity index (χ0n) is 10.6. The molecule has 1 aromatic carbocycles. The SMILES string of the molecule is CC1SCCC12CN=C(N)N2c1ccc(Cl)c(Br)c1. The number of guanidine groups is 1. The highest BCUT2D eigenvalue weighted by atomic mass is 79.9. The van der Waals surface area contributed by atoms with Crippen LogP contribution in [0.4, 0.5) is 5.69 Å². The molecule has 2 unspecified atom stereocenters. The van der Waals surface area contributed by atoms with Gasteiger partial charge in [-0.3, -0.25) is 4.99 Å². The van der Waals surface area contributed by atoms with Gasteiger partial charge in [0.15, 0.2) is 5.96 Å². The first kappa shape index (κ1) is 13.6. The molecule has 0 aromatic heterocycles. The number of nitrogens with zero attached hydrogens (tertiary/aromatic N) is 2. The zero-order valence-corrected chi connectivity index (χ0v) is 13.7. The standard InChI is InChI=1S/C13H15BrClN3S/c1-8-13(4-5-19-8)7-17-12(16)18(13)9-2-3-11(15)10(14)6-9/h2-3,6,8H,4-5,7H2,1H3,(H2,16,17). The molecule has 1 aromatic rings. The molecule has 3 nitrogen and oxygen atoms in total. The molecular formula is C13H15BrClN3S. The maximum Gasteiger partial charge on any atom is 0.196 e. The summed E-state index contributed by atoms with van der Waals surface area (Å²) in [5.41, 5.74) is 7.22. The Morgan fingerprint density at radius 1 is 1.58 bits per heavy atom. The van der Waals surface area contributed by atoms with Crippen molar-refractivity contribution < 1.29 is 0 Å². The van der Waals surface area contributed by atoms with Crippen molar-refractivity contribution >= 4 is 50.9 Å². The monoisotopic (exact) mass is 359 g/mol. The minimum Gasteiger partial charge on any atom is -0.369 e. The van der Waals surface area contributed by atoms with Gasteiger partial charge in [0.05, 0.1) is 17.1 Å². The Balaban J connectivity index is 2.05. The summed E-state index contributed by atoms with van der Waals surface area (Å²) in [6.45, 7) is 3.05. The fourth-order valence-electron chi connectivity index (χ4n) is 2.87. The van der Waals surface area contributed by atoms with E-state index in [4.69, 9.17) is 17.3 Å². The lowest BCUT2D eigenvalue weighted by atomic mass is 9.91. The van der Waals surface area contributed by atoms with Crippen molar-refractivity contribution in [2.45, 2.75) is 24.1 Å². The van der Waals surface area contributed by atoms with Crippen LogP contribution in [0.25, 0.3) is 0 Å². The van der Waals surface area contributed by atoms with Crippen molar-refractivity contribution in [3.8, 4) is 0 Å². The van der Waals surface area contributed by atoms with E-state index in [2.05, 4.69) is 32.7 Å². The molecule has 1 fully saturated rings. The van der Waals surface area contributed by atoms with Crippen LogP contribution in [0.5, 0.6) is 0 Å². The highest BCUT2D eigenvalue weighted by molar-refractivity contribution is 9.10. The number of nitrogens with two attached hydrogens (primary N) is 1. The quantitative estimate of drug-likeness (QED) is 0.833. The van der Waals surface area contributed by atoms with Crippen LogP contribution in [-0.2, 0) is 0 Å². The third-order valence-electron chi connectivity index (χ3n) is 4.01. The van der Waals surface area contributed by atoms with Gasteiger partial charge < -0.3 is 10.6 Å². The molecule has 0 bridgehead atoms. The maximum atomic E-state index is 6.13. The predicted molar refractivity (Wildman–Crippen MR) is 87.4 cm³/mol. The Hall–Kier alpha value is -0.390. The van der Waals surface area contributed by atoms with Crippen molar-refractivity contribution in [1.29, 1.82) is 0 Å². The lowest BCUT2D eigenvalue weighted by molar-refractivity contribution is 0.460. The normalized spacial score (nSPS) is 30.2. The summed E-state index contributed by atoms with van der Waals surface area (Å²) in [7, 11) is 0. The Bertz CT molecular complexity index is 551. The second-order valence-electron chi connectivity index (χ2n) is 4.97. The van der Waals surface area contributed by atoms with Crippen LogP contribution in [0.3, 0.4) is 0 Å². The number of hydrogen-bond acceptors (Lipinski definition) is 4. The van der Waals surface area contributed by atoms with Crippen molar-refractivity contribution in [3.63, 3.8) is 0 Å². The van der Waals surface area contributed by atoms with Gasteiger partial charge >= 0.3 is 0 Å². The smallest absolute Gasteiger partial charge is 0.196 e. The Kier molecular flexibility index (Phi) is 3.48. The Morgan fingerprint density at radius 3 is 3.00 bits per heavy atom. The van der Waals surface area contributed by atoms with E-state index >= 15 is 0 Å². The summed E-state index contributed by atoms with van der Waals surface area (Å²) in [5.74, 6) is 1.78. The van der Waals surface area contributed by atoms with Gasteiger partial charge in [-0.25, -0.2) is 0 Å². The molecular weight excluding hydrogens is 346 g/mol. The lowest BCUT2D eigenvalue weighted by Gasteiger charge is -2.39. The summed E-state index contributed by atoms with van der Waals surface area (Å²) in [4.78, 5) is 6.68. The van der Waals surface area contributed by atoms with E-state index in [1.165, 1.54) is 0 Å². The minimum atomic E-state index is 0.0298. The van der Waals surface area contributed by atoms with E-state index in [9.17, 15) is 0 Å². The van der Waals surface area contributed by atoms with Crippen LogP contribution in [0.15, 0.2) is 27.7 Å². The van der Waals surface area contributed by atoms with Crippen LogP contribution in [0.1, 0.15) is 13.3 Å². The number of halogens is 2. The van der Waals surface area contributed by atoms with Gasteiger partial charge in [0.25, 0.3) is 0 Å². The average Bonchev–Trinajstić information content (AvgIpc) is 2.90. The molecule has 0 aliphatic carbocycles. The summed E-state index contributed by atoms with van der Waals surface area (Å²) in [6, 6.07) is 5.93. The summed E-state index contributed by atoms with van der Waals surface area (Å²) in [6.07, 6.45) is 1.11. The second-order valence-corrected chi connectivity index (χ2v) is 7.69. The van der Waals surface area contributed by atoms with Crippen molar-refractivity contribution in [2.75, 3.05) is 17.2 Å². The van der Waals surface area contributed by atoms with Crippen LogP contribution in [0.2, 0.25) is 5.02 Å². The number of hydrogen-bond donors (Lipinski definition) is 1. The molecule has 0 saturated carbocycles. The molecule has 0 amide bonds. The molecule has 6 heteroatoms. The number of anilines is 1. The molecule has 19 heavy (non-hydrogen) atoms. The lowest BCUT2D eigenvalue weighted by Crippen LogP contribution is -2.55. The molecule has 2 aliphatic rings. The van der Waals surface area contributed by atoms with Crippen molar-refractivity contribution in [1.82, 2.24) is 0 Å². The summed E-state index contributed by atoms with van der Waals surface area (Å²) < 4.78 is 0.889.